The summed E-state index contributed by atoms with van der Waals surface area (Å²) >= 11 is 5.82. The molecule has 78 valence electrons. The molecule has 0 saturated carbocycles. The molecule has 0 bridgehead atoms. The zero-order valence-electron chi connectivity index (χ0n) is 8.21. The van der Waals surface area contributed by atoms with Crippen LogP contribution < -0.4 is 10.5 Å². The first-order valence-corrected chi connectivity index (χ1v) is 4.57. The van der Waals surface area contributed by atoms with Crippen molar-refractivity contribution in [1.29, 1.82) is 0 Å². The fraction of sp³-hybridized carbons (Fsp3) is 0.444. The van der Waals surface area contributed by atoms with E-state index in [1.165, 1.54) is 0 Å². The van der Waals surface area contributed by atoms with Crippen molar-refractivity contribution in [2.24, 2.45) is 0 Å². The smallest absolute Gasteiger partial charge is 0.237 e. The highest BCUT2D eigenvalue weighted by atomic mass is 35.5. The summed E-state index contributed by atoms with van der Waals surface area (Å²) in [5.74, 6) is 0.406. The van der Waals surface area contributed by atoms with Gasteiger partial charge in [-0.05, 0) is 13.0 Å². The Kier molecular flexibility index (Phi) is 3.98. The number of rotatable bonds is 4. The Morgan fingerprint density at radius 2 is 2.21 bits per heavy atom. The third-order valence-corrected chi connectivity index (χ3v) is 2.05. The molecule has 0 atom stereocenters. The Hall–Kier alpha value is -1.00. The van der Waals surface area contributed by atoms with Crippen LogP contribution in [0.15, 0.2) is 6.07 Å². The first kappa shape index (κ1) is 11.1. The average Bonchev–Trinajstić information content (AvgIpc) is 2.14. The molecule has 0 radical (unpaired) electrons. The van der Waals surface area contributed by atoms with Crippen LogP contribution in [0.3, 0.4) is 0 Å². The van der Waals surface area contributed by atoms with Crippen LogP contribution in [0, 0.1) is 6.92 Å². The van der Waals surface area contributed by atoms with E-state index >= 15 is 0 Å². The number of methoxy groups -OCH3 is 1. The van der Waals surface area contributed by atoms with Crippen LogP contribution in [0.4, 0.5) is 5.69 Å². The molecule has 1 aromatic rings. The predicted octanol–water partition coefficient (Wildman–Crippen LogP) is 1.65. The topological polar surface area (TPSA) is 57.4 Å². The summed E-state index contributed by atoms with van der Waals surface area (Å²) < 4.78 is 10.1. The lowest BCUT2D eigenvalue weighted by Crippen LogP contribution is -2.07. The number of ether oxygens (including phenoxy) is 2. The molecule has 0 aliphatic rings. The van der Waals surface area contributed by atoms with E-state index in [9.17, 15) is 0 Å². The molecule has 0 saturated heterocycles. The molecular formula is C9H13ClN2O2. The number of aryl methyl sites for hydroxylation is 1. The summed E-state index contributed by atoms with van der Waals surface area (Å²) in [6.45, 7) is 2.72. The second-order valence-corrected chi connectivity index (χ2v) is 3.20. The average molecular weight is 217 g/mol. The first-order chi connectivity index (χ1) is 6.65. The molecule has 1 heterocycles. The standard InChI is InChI=1S/C9H13ClN2O2/c1-6-7(10)5-8(11)9(12-6)14-4-3-13-2/h5H,3-4,11H2,1-2H3. The van der Waals surface area contributed by atoms with Crippen LogP contribution in [-0.2, 0) is 4.74 Å². The Morgan fingerprint density at radius 1 is 1.50 bits per heavy atom. The Labute approximate surface area is 88.0 Å². The van der Waals surface area contributed by atoms with Gasteiger partial charge in [0.25, 0.3) is 0 Å². The molecule has 14 heavy (non-hydrogen) atoms. The van der Waals surface area contributed by atoms with Crippen molar-refractivity contribution in [1.82, 2.24) is 4.98 Å². The predicted molar refractivity (Wildman–Crippen MR) is 55.8 cm³/mol. The van der Waals surface area contributed by atoms with Gasteiger partial charge in [-0.1, -0.05) is 11.6 Å². The van der Waals surface area contributed by atoms with Crippen molar-refractivity contribution >= 4 is 17.3 Å². The zero-order chi connectivity index (χ0) is 10.6. The lowest BCUT2D eigenvalue weighted by atomic mass is 10.3. The molecule has 0 aromatic carbocycles. The first-order valence-electron chi connectivity index (χ1n) is 4.19. The van der Waals surface area contributed by atoms with Gasteiger partial charge in [-0.2, -0.15) is 0 Å². The lowest BCUT2D eigenvalue weighted by Gasteiger charge is -2.08. The highest BCUT2D eigenvalue weighted by Gasteiger charge is 2.06. The van der Waals surface area contributed by atoms with Gasteiger partial charge < -0.3 is 15.2 Å². The number of nitrogen functional groups attached to an aromatic ring is 1. The van der Waals surface area contributed by atoms with E-state index in [0.29, 0.717) is 35.5 Å². The Morgan fingerprint density at radius 3 is 2.86 bits per heavy atom. The van der Waals surface area contributed by atoms with Crippen LogP contribution in [0.5, 0.6) is 5.88 Å². The Bertz CT molecular complexity index is 318. The minimum atomic E-state index is 0.406. The van der Waals surface area contributed by atoms with E-state index in [1.54, 1.807) is 20.1 Å². The fourth-order valence-corrected chi connectivity index (χ4v) is 1.07. The van der Waals surface area contributed by atoms with Crippen molar-refractivity contribution < 1.29 is 9.47 Å². The van der Waals surface area contributed by atoms with Gasteiger partial charge in [-0.15, -0.1) is 0 Å². The number of halogens is 1. The highest BCUT2D eigenvalue weighted by molar-refractivity contribution is 6.31. The molecule has 0 spiro atoms. The van der Waals surface area contributed by atoms with Crippen LogP contribution in [0.2, 0.25) is 5.02 Å². The number of anilines is 1. The van der Waals surface area contributed by atoms with Crippen LogP contribution in [0.25, 0.3) is 0 Å². The minimum Gasteiger partial charge on any atom is -0.474 e. The molecule has 2 N–H and O–H groups in total. The van der Waals surface area contributed by atoms with Crippen molar-refractivity contribution in [3.63, 3.8) is 0 Å². The fourth-order valence-electron chi connectivity index (χ4n) is 0.910. The maximum absolute atomic E-state index is 5.82. The summed E-state index contributed by atoms with van der Waals surface area (Å²) in [5, 5.41) is 0.543. The summed E-state index contributed by atoms with van der Waals surface area (Å²) in [6, 6.07) is 1.63. The number of aromatic nitrogens is 1. The van der Waals surface area contributed by atoms with Crippen molar-refractivity contribution in [3.8, 4) is 5.88 Å². The molecule has 0 aliphatic heterocycles. The van der Waals surface area contributed by atoms with Gasteiger partial charge in [0.2, 0.25) is 5.88 Å². The largest absolute Gasteiger partial charge is 0.474 e. The maximum Gasteiger partial charge on any atom is 0.237 e. The third kappa shape index (κ3) is 2.75. The van der Waals surface area contributed by atoms with Crippen LogP contribution in [-0.4, -0.2) is 25.3 Å². The second-order valence-electron chi connectivity index (χ2n) is 2.79. The maximum atomic E-state index is 5.82. The van der Waals surface area contributed by atoms with Gasteiger partial charge in [0, 0.05) is 7.11 Å². The lowest BCUT2D eigenvalue weighted by molar-refractivity contribution is 0.144. The number of hydrogen-bond acceptors (Lipinski definition) is 4. The molecule has 1 aromatic heterocycles. The summed E-state index contributed by atoms with van der Waals surface area (Å²) in [4.78, 5) is 4.11. The molecule has 0 aliphatic carbocycles. The van der Waals surface area contributed by atoms with Crippen molar-refractivity contribution in [2.75, 3.05) is 26.1 Å². The van der Waals surface area contributed by atoms with Gasteiger partial charge in [-0.25, -0.2) is 4.98 Å². The van der Waals surface area contributed by atoms with E-state index in [0.717, 1.165) is 0 Å². The van der Waals surface area contributed by atoms with Gasteiger partial charge >= 0.3 is 0 Å². The minimum absolute atomic E-state index is 0.406. The molecule has 5 heteroatoms. The van der Waals surface area contributed by atoms with E-state index in [2.05, 4.69) is 4.98 Å². The van der Waals surface area contributed by atoms with Gasteiger partial charge in [0.15, 0.2) is 0 Å². The Balaban J connectivity index is 2.72. The molecule has 0 unspecified atom stereocenters. The van der Waals surface area contributed by atoms with Crippen LogP contribution >= 0.6 is 11.6 Å². The summed E-state index contributed by atoms with van der Waals surface area (Å²) in [7, 11) is 1.60. The second kappa shape index (κ2) is 5.02. The van der Waals surface area contributed by atoms with Crippen LogP contribution in [0.1, 0.15) is 5.69 Å². The molecule has 1 rings (SSSR count). The molecule has 0 fully saturated rings. The van der Waals surface area contributed by atoms with E-state index in [1.807, 2.05) is 0 Å². The van der Waals surface area contributed by atoms with Crippen molar-refractivity contribution in [2.45, 2.75) is 6.92 Å². The number of pyridine rings is 1. The van der Waals surface area contributed by atoms with Gasteiger partial charge in [0.1, 0.15) is 6.61 Å². The normalized spacial score (nSPS) is 10.2. The number of nitrogens with zero attached hydrogens (tertiary/aromatic N) is 1. The summed E-state index contributed by atoms with van der Waals surface area (Å²) in [5.41, 5.74) is 6.80. The van der Waals surface area contributed by atoms with E-state index in [4.69, 9.17) is 26.8 Å². The van der Waals surface area contributed by atoms with Crippen molar-refractivity contribution in [3.05, 3.63) is 16.8 Å². The summed E-state index contributed by atoms with van der Waals surface area (Å²) in [6.07, 6.45) is 0. The van der Waals surface area contributed by atoms with Gasteiger partial charge in [-0.3, -0.25) is 0 Å². The SMILES string of the molecule is COCCOc1nc(C)c(Cl)cc1N. The van der Waals surface area contributed by atoms with E-state index < -0.39 is 0 Å². The monoisotopic (exact) mass is 216 g/mol. The number of hydrogen-bond donors (Lipinski definition) is 1. The molecular weight excluding hydrogens is 204 g/mol. The zero-order valence-corrected chi connectivity index (χ0v) is 8.97. The van der Waals surface area contributed by atoms with Gasteiger partial charge in [0.05, 0.1) is 23.0 Å². The van der Waals surface area contributed by atoms with E-state index in [-0.39, 0.29) is 0 Å². The molecule has 4 nitrogen and oxygen atoms in total. The quantitative estimate of drug-likeness (QED) is 0.778. The third-order valence-electron chi connectivity index (χ3n) is 1.67. The number of nitrogens with two attached hydrogens (primary N) is 1. The molecule has 0 amide bonds. The highest BCUT2D eigenvalue weighted by Crippen LogP contribution is 2.24.